The molecule has 3 rings (SSSR count). The number of nitro groups is 2. The lowest BCUT2D eigenvalue weighted by molar-refractivity contribution is -0.393. The molecule has 1 aliphatic rings. The molecule has 0 amide bonds. The molecule has 1 saturated heterocycles. The van der Waals surface area contributed by atoms with Gasteiger partial charge in [0.15, 0.2) is 5.69 Å². The van der Waals surface area contributed by atoms with Crippen LogP contribution in [0.1, 0.15) is 24.0 Å². The third kappa shape index (κ3) is 4.11. The maximum absolute atomic E-state index is 13.8. The summed E-state index contributed by atoms with van der Waals surface area (Å²) in [4.78, 5) is 23.6. The maximum Gasteiger partial charge on any atom is 0.302 e. The van der Waals surface area contributed by atoms with Crippen molar-refractivity contribution in [1.82, 2.24) is 0 Å². The van der Waals surface area contributed by atoms with E-state index in [1.54, 1.807) is 23.1 Å². The van der Waals surface area contributed by atoms with Crippen molar-refractivity contribution in [1.29, 1.82) is 0 Å². The predicted octanol–water partition coefficient (Wildman–Crippen LogP) is 3.52. The van der Waals surface area contributed by atoms with Gasteiger partial charge in [-0.15, -0.1) is 0 Å². The van der Waals surface area contributed by atoms with Crippen LogP contribution >= 0.6 is 0 Å². The molecule has 1 aliphatic heterocycles. The van der Waals surface area contributed by atoms with E-state index in [0.717, 1.165) is 0 Å². The van der Waals surface area contributed by atoms with Gasteiger partial charge in [-0.25, -0.2) is 4.39 Å². The van der Waals surface area contributed by atoms with E-state index in [4.69, 9.17) is 0 Å². The molecule has 1 fully saturated rings. The van der Waals surface area contributed by atoms with E-state index in [9.17, 15) is 29.7 Å². The number of hydrogen-bond donors (Lipinski definition) is 2. The van der Waals surface area contributed by atoms with E-state index in [-0.39, 0.29) is 34.4 Å². The van der Waals surface area contributed by atoms with Gasteiger partial charge < -0.3 is 15.3 Å². The maximum atomic E-state index is 13.8. The molecule has 0 aromatic heterocycles. The molecule has 0 unspecified atom stereocenters. The lowest BCUT2D eigenvalue weighted by Crippen LogP contribution is -2.40. The molecule has 10 heteroatoms. The summed E-state index contributed by atoms with van der Waals surface area (Å²) < 4.78 is 13.8. The average Bonchev–Trinajstić information content (AvgIpc) is 2.69. The smallest absolute Gasteiger partial charge is 0.302 e. The van der Waals surface area contributed by atoms with Crippen molar-refractivity contribution in [3.05, 3.63) is 67.5 Å². The van der Waals surface area contributed by atoms with Gasteiger partial charge in [-0.2, -0.15) is 0 Å². The number of para-hydroxylation sites is 1. The van der Waals surface area contributed by atoms with Crippen molar-refractivity contribution >= 4 is 22.7 Å². The van der Waals surface area contributed by atoms with Gasteiger partial charge in [0.1, 0.15) is 5.82 Å². The molecule has 2 aromatic rings. The van der Waals surface area contributed by atoms with Crippen LogP contribution in [0.3, 0.4) is 0 Å². The number of halogens is 1. The topological polar surface area (TPSA) is 122 Å². The zero-order valence-electron chi connectivity index (χ0n) is 15.8. The van der Waals surface area contributed by atoms with Gasteiger partial charge in [0.05, 0.1) is 22.1 Å². The van der Waals surface area contributed by atoms with Crippen LogP contribution < -0.4 is 10.2 Å². The van der Waals surface area contributed by atoms with Crippen LogP contribution in [0.25, 0.3) is 0 Å². The molecule has 9 nitrogen and oxygen atoms in total. The average molecular weight is 404 g/mol. The lowest BCUT2D eigenvalue weighted by atomic mass is 9.99. The molecular weight excluding hydrogens is 383 g/mol. The monoisotopic (exact) mass is 404 g/mol. The van der Waals surface area contributed by atoms with Crippen LogP contribution in [0.15, 0.2) is 30.3 Å². The number of nitro benzene ring substituents is 2. The largest absolute Gasteiger partial charge is 0.392 e. The quantitative estimate of drug-likeness (QED) is 0.558. The number of aliphatic hydroxyl groups excluding tert-OH is 1. The highest BCUT2D eigenvalue weighted by molar-refractivity contribution is 5.79. The Morgan fingerprint density at radius 2 is 1.86 bits per heavy atom. The number of piperidine rings is 1. The van der Waals surface area contributed by atoms with Crippen molar-refractivity contribution in [2.45, 2.75) is 32.4 Å². The Labute approximate surface area is 166 Å². The first-order valence-corrected chi connectivity index (χ1v) is 9.15. The number of hydrogen-bond acceptors (Lipinski definition) is 7. The highest BCUT2D eigenvalue weighted by atomic mass is 19.1. The molecule has 2 aromatic carbocycles. The third-order valence-corrected chi connectivity index (χ3v) is 5.21. The van der Waals surface area contributed by atoms with Crippen molar-refractivity contribution < 1.29 is 19.3 Å². The van der Waals surface area contributed by atoms with Gasteiger partial charge in [-0.05, 0) is 37.5 Å². The van der Waals surface area contributed by atoms with Gasteiger partial charge in [0, 0.05) is 30.8 Å². The summed E-state index contributed by atoms with van der Waals surface area (Å²) >= 11 is 0. The Hall–Kier alpha value is -3.27. The number of benzene rings is 2. The van der Waals surface area contributed by atoms with E-state index in [1.165, 1.54) is 19.1 Å². The van der Waals surface area contributed by atoms with Gasteiger partial charge in [0.2, 0.25) is 0 Å². The molecular formula is C19H21FN4O5. The second-order valence-electron chi connectivity index (χ2n) is 6.93. The summed E-state index contributed by atoms with van der Waals surface area (Å²) in [5.74, 6) is -0.364. The molecule has 29 heavy (non-hydrogen) atoms. The van der Waals surface area contributed by atoms with E-state index < -0.39 is 22.1 Å². The first-order chi connectivity index (χ1) is 13.8. The molecule has 1 heterocycles. The number of rotatable bonds is 6. The first kappa shape index (κ1) is 20.5. The van der Waals surface area contributed by atoms with Gasteiger partial charge >= 0.3 is 5.69 Å². The third-order valence-electron chi connectivity index (χ3n) is 5.21. The van der Waals surface area contributed by atoms with Gasteiger partial charge in [-0.1, -0.05) is 12.1 Å². The second kappa shape index (κ2) is 8.39. The van der Waals surface area contributed by atoms with Crippen LogP contribution in [0.4, 0.5) is 27.1 Å². The van der Waals surface area contributed by atoms with Crippen molar-refractivity contribution in [3.63, 3.8) is 0 Å². The summed E-state index contributed by atoms with van der Waals surface area (Å²) in [6, 6.07) is 7.45. The Morgan fingerprint density at radius 1 is 1.21 bits per heavy atom. The fourth-order valence-electron chi connectivity index (χ4n) is 3.68. The highest BCUT2D eigenvalue weighted by Crippen LogP contribution is 2.42. The van der Waals surface area contributed by atoms with Crippen LogP contribution in [0.2, 0.25) is 0 Å². The molecule has 0 bridgehead atoms. The lowest BCUT2D eigenvalue weighted by Gasteiger charge is -2.34. The molecule has 0 saturated carbocycles. The first-order valence-electron chi connectivity index (χ1n) is 9.15. The SMILES string of the molecule is Cc1c(CO)cc([N+](=O)[O-])c(N2CCC(Nc3ccccc3F)CC2)c1[N+](=O)[O-]. The van der Waals surface area contributed by atoms with Crippen molar-refractivity contribution in [3.8, 4) is 0 Å². The minimum Gasteiger partial charge on any atom is -0.392 e. The number of aliphatic hydroxyl groups is 1. The molecule has 0 aliphatic carbocycles. The van der Waals surface area contributed by atoms with Gasteiger partial charge in [-0.3, -0.25) is 20.2 Å². The number of nitrogens with zero attached hydrogens (tertiary/aromatic N) is 3. The van der Waals surface area contributed by atoms with E-state index in [2.05, 4.69) is 5.32 Å². The standard InChI is InChI=1S/C19H21FN4O5/c1-12-13(11-25)10-17(23(26)27)19(18(12)24(28)29)22-8-6-14(7-9-22)21-16-5-3-2-4-15(16)20/h2-5,10,14,21,25H,6-9,11H2,1H3. The second-order valence-corrected chi connectivity index (χ2v) is 6.93. The number of nitrogens with one attached hydrogen (secondary N) is 1. The summed E-state index contributed by atoms with van der Waals surface area (Å²) in [5.41, 5.74) is -0.0475. The minimum atomic E-state index is -0.662. The normalized spacial score (nSPS) is 14.7. The van der Waals surface area contributed by atoms with E-state index in [0.29, 0.717) is 31.6 Å². The fourth-order valence-corrected chi connectivity index (χ4v) is 3.68. The zero-order chi connectivity index (χ0) is 21.1. The van der Waals surface area contributed by atoms with Crippen LogP contribution in [-0.4, -0.2) is 34.1 Å². The number of anilines is 2. The molecule has 0 spiro atoms. The highest BCUT2D eigenvalue weighted by Gasteiger charge is 2.35. The predicted molar refractivity (Wildman–Crippen MR) is 106 cm³/mol. The summed E-state index contributed by atoms with van der Waals surface area (Å²) in [6.45, 7) is 1.63. The van der Waals surface area contributed by atoms with Crippen molar-refractivity contribution in [2.75, 3.05) is 23.3 Å². The summed E-state index contributed by atoms with van der Waals surface area (Å²) in [6.07, 6.45) is 1.06. The van der Waals surface area contributed by atoms with Crippen LogP contribution in [0, 0.1) is 33.0 Å². The molecule has 154 valence electrons. The molecule has 0 atom stereocenters. The van der Waals surface area contributed by atoms with Crippen LogP contribution in [0.5, 0.6) is 0 Å². The summed E-state index contributed by atoms with van der Waals surface area (Å²) in [5, 5.41) is 35.8. The Morgan fingerprint density at radius 3 is 2.41 bits per heavy atom. The van der Waals surface area contributed by atoms with Crippen molar-refractivity contribution in [2.24, 2.45) is 0 Å². The minimum absolute atomic E-state index is 0.0426. The van der Waals surface area contributed by atoms with E-state index in [1.807, 2.05) is 0 Å². The Kier molecular flexibility index (Phi) is 5.92. The summed E-state index contributed by atoms with van der Waals surface area (Å²) in [7, 11) is 0. The van der Waals surface area contributed by atoms with E-state index >= 15 is 0 Å². The Bertz CT molecular complexity index is 944. The van der Waals surface area contributed by atoms with Gasteiger partial charge in [0.25, 0.3) is 5.69 Å². The molecule has 0 radical (unpaired) electrons. The zero-order valence-corrected chi connectivity index (χ0v) is 15.8. The van der Waals surface area contributed by atoms with Crippen LogP contribution in [-0.2, 0) is 6.61 Å². The fraction of sp³-hybridized carbons (Fsp3) is 0.368. The molecule has 2 N–H and O–H groups in total. The Balaban J connectivity index is 1.88.